The van der Waals surface area contributed by atoms with Crippen molar-refractivity contribution in [1.29, 1.82) is 0 Å². The summed E-state index contributed by atoms with van der Waals surface area (Å²) >= 11 is 0. The molecule has 2 aromatic rings. The second-order valence-electron chi connectivity index (χ2n) is 6.91. The van der Waals surface area contributed by atoms with Gasteiger partial charge in [0.2, 0.25) is 0 Å². The second-order valence-corrected chi connectivity index (χ2v) is 6.91. The summed E-state index contributed by atoms with van der Waals surface area (Å²) < 4.78 is 9.02. The number of methoxy groups -OCH3 is 1. The van der Waals surface area contributed by atoms with E-state index in [1.54, 1.807) is 7.11 Å². The number of nitrogens with one attached hydrogen (secondary N) is 2. The molecule has 2 N–H and O–H groups in total. The molecule has 0 saturated heterocycles. The maximum absolute atomic E-state index is 5.13. The molecule has 9 heteroatoms. The maximum Gasteiger partial charge on any atom is 0.191 e. The summed E-state index contributed by atoms with van der Waals surface area (Å²) in [5.41, 5.74) is 3.37. The Hall–Kier alpha value is -2.42. The number of guanidine groups is 1. The lowest BCUT2D eigenvalue weighted by Crippen LogP contribution is -2.47. The van der Waals surface area contributed by atoms with Crippen LogP contribution in [0.4, 0.5) is 0 Å². The van der Waals surface area contributed by atoms with E-state index in [0.29, 0.717) is 13.2 Å². The van der Waals surface area contributed by atoms with Gasteiger partial charge in [-0.1, -0.05) is 0 Å². The van der Waals surface area contributed by atoms with Crippen LogP contribution in [0.1, 0.15) is 41.9 Å². The van der Waals surface area contributed by atoms with Gasteiger partial charge in [-0.15, -0.1) is 0 Å². The average Bonchev–Trinajstić information content (AvgIpc) is 3.13. The van der Waals surface area contributed by atoms with Gasteiger partial charge in [-0.05, 0) is 27.2 Å². The highest BCUT2D eigenvalue weighted by atomic mass is 16.5. The van der Waals surface area contributed by atoms with Crippen molar-refractivity contribution in [1.82, 2.24) is 35.2 Å². The highest BCUT2D eigenvalue weighted by Crippen LogP contribution is 2.15. The molecule has 0 spiro atoms. The smallest absolute Gasteiger partial charge is 0.191 e. The molecule has 0 radical (unpaired) electrons. The molecular formula is C18H30N8O. The van der Waals surface area contributed by atoms with Crippen LogP contribution < -0.4 is 10.6 Å². The number of aryl methyl sites for hydroxylation is 3. The highest BCUT2D eigenvalue weighted by Gasteiger charge is 2.22. The molecule has 1 atom stereocenters. The Morgan fingerprint density at radius 1 is 1.33 bits per heavy atom. The Kier molecular flexibility index (Phi) is 6.10. The van der Waals surface area contributed by atoms with Gasteiger partial charge in [0.25, 0.3) is 0 Å². The molecule has 27 heavy (non-hydrogen) atoms. The van der Waals surface area contributed by atoms with E-state index in [1.807, 2.05) is 23.3 Å². The van der Waals surface area contributed by atoms with E-state index in [1.165, 1.54) is 5.56 Å². The third-order valence-corrected chi connectivity index (χ3v) is 4.91. The van der Waals surface area contributed by atoms with E-state index in [9.17, 15) is 0 Å². The molecule has 0 aromatic carbocycles. The molecule has 1 aliphatic heterocycles. The lowest BCUT2D eigenvalue weighted by Gasteiger charge is -2.25. The third kappa shape index (κ3) is 4.47. The molecule has 2 aromatic heterocycles. The maximum atomic E-state index is 5.13. The molecule has 9 nitrogen and oxygen atoms in total. The van der Waals surface area contributed by atoms with E-state index in [0.717, 1.165) is 54.9 Å². The van der Waals surface area contributed by atoms with E-state index in [-0.39, 0.29) is 6.04 Å². The van der Waals surface area contributed by atoms with Gasteiger partial charge in [-0.2, -0.15) is 10.2 Å². The summed E-state index contributed by atoms with van der Waals surface area (Å²) in [7, 11) is 3.63. The van der Waals surface area contributed by atoms with Crippen molar-refractivity contribution < 1.29 is 4.74 Å². The molecule has 1 unspecified atom stereocenters. The van der Waals surface area contributed by atoms with Crippen molar-refractivity contribution in [2.45, 2.75) is 59.4 Å². The molecule has 0 saturated carbocycles. The van der Waals surface area contributed by atoms with Gasteiger partial charge in [0.1, 0.15) is 12.4 Å². The monoisotopic (exact) mass is 374 g/mol. The highest BCUT2D eigenvalue weighted by molar-refractivity contribution is 5.80. The SMILES string of the molecule is CCNC(=NCc1c(C)nn(C)c1C)NC1CCc2nc(COC)nn2C1. The van der Waals surface area contributed by atoms with Crippen molar-refractivity contribution in [3.8, 4) is 0 Å². The number of aliphatic imine (C=N–C) groups is 1. The molecule has 148 valence electrons. The standard InChI is InChI=1S/C18H30N8O/c1-6-19-18(20-9-15-12(2)23-25(4)13(15)3)21-14-7-8-17-22-16(11-27-5)24-26(17)10-14/h14H,6-11H2,1-5H3,(H2,19,20,21). The number of fused-ring (bicyclic) bond motifs is 1. The summed E-state index contributed by atoms with van der Waals surface area (Å²) in [5, 5.41) is 15.9. The van der Waals surface area contributed by atoms with Gasteiger partial charge >= 0.3 is 0 Å². The normalized spacial score (nSPS) is 17.1. The summed E-state index contributed by atoms with van der Waals surface area (Å²) in [6.45, 7) is 8.84. The second kappa shape index (κ2) is 8.51. The average molecular weight is 374 g/mol. The number of aromatic nitrogens is 5. The Labute approximate surface area is 160 Å². The Balaban J connectivity index is 1.67. The lowest BCUT2D eigenvalue weighted by atomic mass is 10.1. The van der Waals surface area contributed by atoms with Gasteiger partial charge in [0.15, 0.2) is 11.8 Å². The molecule has 0 amide bonds. The molecule has 0 aliphatic carbocycles. The fraction of sp³-hybridized carbons (Fsp3) is 0.667. The van der Waals surface area contributed by atoms with Crippen LogP contribution in [-0.4, -0.2) is 50.2 Å². The number of rotatable bonds is 6. The first-order chi connectivity index (χ1) is 13.0. The van der Waals surface area contributed by atoms with Crippen LogP contribution in [0.25, 0.3) is 0 Å². The van der Waals surface area contributed by atoms with E-state index < -0.39 is 0 Å². The molecule has 0 fully saturated rings. The zero-order valence-electron chi connectivity index (χ0n) is 16.9. The fourth-order valence-electron chi connectivity index (χ4n) is 3.39. The summed E-state index contributed by atoms with van der Waals surface area (Å²) in [6.07, 6.45) is 1.90. The van der Waals surface area contributed by atoms with Crippen LogP contribution in [-0.2, 0) is 37.9 Å². The van der Waals surface area contributed by atoms with E-state index >= 15 is 0 Å². The minimum atomic E-state index is 0.267. The van der Waals surface area contributed by atoms with E-state index in [4.69, 9.17) is 9.73 Å². The van der Waals surface area contributed by atoms with Crippen LogP contribution in [0.5, 0.6) is 0 Å². The zero-order chi connectivity index (χ0) is 19.4. The first kappa shape index (κ1) is 19.3. The van der Waals surface area contributed by atoms with Gasteiger partial charge in [0, 0.05) is 44.4 Å². The molecule has 0 bridgehead atoms. The van der Waals surface area contributed by atoms with Crippen molar-refractivity contribution in [2.24, 2.45) is 12.0 Å². The molecule has 1 aliphatic rings. The van der Waals surface area contributed by atoms with E-state index in [2.05, 4.69) is 39.7 Å². The van der Waals surface area contributed by atoms with Crippen molar-refractivity contribution in [3.05, 3.63) is 28.6 Å². The number of nitrogens with zero attached hydrogens (tertiary/aromatic N) is 6. The van der Waals surface area contributed by atoms with Gasteiger partial charge in [0.05, 0.1) is 18.8 Å². The topological polar surface area (TPSA) is 94.2 Å². The van der Waals surface area contributed by atoms with Crippen LogP contribution in [0.15, 0.2) is 4.99 Å². The molecule has 3 heterocycles. The van der Waals surface area contributed by atoms with Crippen LogP contribution in [0.2, 0.25) is 0 Å². The lowest BCUT2D eigenvalue weighted by molar-refractivity contribution is 0.177. The zero-order valence-corrected chi connectivity index (χ0v) is 16.9. The predicted molar refractivity (Wildman–Crippen MR) is 103 cm³/mol. The number of hydrogen-bond donors (Lipinski definition) is 2. The summed E-state index contributed by atoms with van der Waals surface area (Å²) in [6, 6.07) is 0.267. The quantitative estimate of drug-likeness (QED) is 0.575. The fourth-order valence-corrected chi connectivity index (χ4v) is 3.39. The van der Waals surface area contributed by atoms with Crippen LogP contribution in [0, 0.1) is 13.8 Å². The van der Waals surface area contributed by atoms with Crippen molar-refractivity contribution in [3.63, 3.8) is 0 Å². The van der Waals surface area contributed by atoms with Crippen LogP contribution >= 0.6 is 0 Å². The van der Waals surface area contributed by atoms with Gasteiger partial charge in [-0.3, -0.25) is 4.68 Å². The van der Waals surface area contributed by atoms with Crippen molar-refractivity contribution >= 4 is 5.96 Å². The van der Waals surface area contributed by atoms with Crippen LogP contribution in [0.3, 0.4) is 0 Å². The van der Waals surface area contributed by atoms with Crippen molar-refractivity contribution in [2.75, 3.05) is 13.7 Å². The molecule has 3 rings (SSSR count). The largest absolute Gasteiger partial charge is 0.377 e. The Morgan fingerprint density at radius 2 is 2.15 bits per heavy atom. The Morgan fingerprint density at radius 3 is 2.81 bits per heavy atom. The third-order valence-electron chi connectivity index (χ3n) is 4.91. The van der Waals surface area contributed by atoms with Gasteiger partial charge in [-0.25, -0.2) is 14.7 Å². The number of ether oxygens (including phenoxy) is 1. The summed E-state index contributed by atoms with van der Waals surface area (Å²) in [5.74, 6) is 2.60. The minimum Gasteiger partial charge on any atom is -0.377 e. The summed E-state index contributed by atoms with van der Waals surface area (Å²) in [4.78, 5) is 9.31. The van der Waals surface area contributed by atoms with Gasteiger partial charge < -0.3 is 15.4 Å². The first-order valence-electron chi connectivity index (χ1n) is 9.47. The predicted octanol–water partition coefficient (Wildman–Crippen LogP) is 0.845. The number of hydrogen-bond acceptors (Lipinski definition) is 5. The molecular weight excluding hydrogens is 344 g/mol. The minimum absolute atomic E-state index is 0.267. The first-order valence-corrected chi connectivity index (χ1v) is 9.47. The Bertz CT molecular complexity index is 807.